The van der Waals surface area contributed by atoms with Crippen LogP contribution in [0.5, 0.6) is 0 Å². The van der Waals surface area contributed by atoms with Crippen molar-refractivity contribution in [1.29, 1.82) is 0 Å². The Morgan fingerprint density at radius 3 is 3.05 bits per heavy atom. The predicted octanol–water partition coefficient (Wildman–Crippen LogP) is 0.267. The number of nitrogens with zero attached hydrogens (tertiary/aromatic N) is 1. The van der Waals surface area contributed by atoms with Crippen LogP contribution in [0.25, 0.3) is 0 Å². The summed E-state index contributed by atoms with van der Waals surface area (Å²) in [5.41, 5.74) is 1.37. The number of carbonyl (C=O) groups is 1. The van der Waals surface area contributed by atoms with Gasteiger partial charge in [-0.05, 0) is 23.4 Å². The molecule has 0 radical (unpaired) electrons. The van der Waals surface area contributed by atoms with Gasteiger partial charge in [0.25, 0.3) is 0 Å². The van der Waals surface area contributed by atoms with E-state index in [2.05, 4.69) is 21.7 Å². The lowest BCUT2D eigenvalue weighted by Crippen LogP contribution is -2.39. The van der Waals surface area contributed by atoms with Crippen molar-refractivity contribution in [3.63, 3.8) is 0 Å². The molecule has 19 heavy (non-hydrogen) atoms. The van der Waals surface area contributed by atoms with Crippen molar-refractivity contribution in [2.24, 2.45) is 0 Å². The Kier molecular flexibility index (Phi) is 4.59. The molecule has 2 heterocycles. The molecule has 0 atom stereocenters. The number of hydrogen-bond donors (Lipinski definition) is 1. The van der Waals surface area contributed by atoms with Crippen LogP contribution in [0.4, 0.5) is 0 Å². The molecule has 0 bridgehead atoms. The molecule has 0 spiro atoms. The molecule has 1 aromatic rings. The van der Waals surface area contributed by atoms with Crippen LogP contribution in [-0.4, -0.2) is 50.9 Å². The Hall–Kier alpha value is -0.920. The normalized spacial score (nSPS) is 16.1. The highest BCUT2D eigenvalue weighted by Crippen LogP contribution is 2.23. The van der Waals surface area contributed by atoms with E-state index < -0.39 is 21.5 Å². The monoisotopic (exact) mass is 302 g/mol. The Balaban J connectivity index is 1.71. The molecule has 0 unspecified atom stereocenters. The first-order valence-corrected chi connectivity index (χ1v) is 9.10. The summed E-state index contributed by atoms with van der Waals surface area (Å²) in [6.45, 7) is 3.16. The molecule has 0 fully saturated rings. The van der Waals surface area contributed by atoms with Crippen LogP contribution >= 0.6 is 11.3 Å². The Morgan fingerprint density at radius 1 is 1.53 bits per heavy atom. The average Bonchev–Trinajstić information content (AvgIpc) is 2.73. The summed E-state index contributed by atoms with van der Waals surface area (Å²) in [7, 11) is -3.24. The average molecular weight is 302 g/mol. The van der Waals surface area contributed by atoms with E-state index in [0.717, 1.165) is 32.3 Å². The Labute approximate surface area is 117 Å². The van der Waals surface area contributed by atoms with Gasteiger partial charge in [-0.2, -0.15) is 0 Å². The van der Waals surface area contributed by atoms with Crippen molar-refractivity contribution < 1.29 is 13.2 Å². The number of carbonyl (C=O) groups excluding carboxylic acids is 1. The molecule has 0 saturated heterocycles. The van der Waals surface area contributed by atoms with E-state index >= 15 is 0 Å². The lowest BCUT2D eigenvalue weighted by atomic mass is 10.1. The van der Waals surface area contributed by atoms with Crippen LogP contribution in [0, 0.1) is 0 Å². The number of fused-ring (bicyclic) bond motifs is 1. The third kappa shape index (κ3) is 4.59. The second-order valence-electron chi connectivity index (χ2n) is 4.82. The molecule has 0 saturated carbocycles. The zero-order valence-electron chi connectivity index (χ0n) is 10.9. The standard InChI is InChI=1S/C12H18N2O3S2/c1-19(16,17)9-12(15)13-4-6-14-5-2-11-10(8-14)3-7-18-11/h3,7H,2,4-6,8-9H2,1H3,(H,13,15). The first-order valence-electron chi connectivity index (χ1n) is 6.16. The first kappa shape index (κ1) is 14.5. The highest BCUT2D eigenvalue weighted by atomic mass is 32.2. The molecule has 1 N–H and O–H groups in total. The zero-order valence-corrected chi connectivity index (χ0v) is 12.5. The van der Waals surface area contributed by atoms with Gasteiger partial charge in [-0.3, -0.25) is 9.69 Å². The molecule has 1 aliphatic heterocycles. The minimum atomic E-state index is -3.24. The van der Waals surface area contributed by atoms with Crippen molar-refractivity contribution in [2.45, 2.75) is 13.0 Å². The van der Waals surface area contributed by atoms with Gasteiger partial charge in [0.1, 0.15) is 5.75 Å². The maximum atomic E-state index is 11.4. The number of sulfone groups is 1. The number of amides is 1. The van der Waals surface area contributed by atoms with Gasteiger partial charge < -0.3 is 5.32 Å². The molecular weight excluding hydrogens is 284 g/mol. The van der Waals surface area contributed by atoms with Crippen molar-refractivity contribution in [2.75, 3.05) is 31.6 Å². The maximum absolute atomic E-state index is 11.4. The summed E-state index contributed by atoms with van der Waals surface area (Å²) < 4.78 is 21.9. The number of nitrogens with one attached hydrogen (secondary N) is 1. The fourth-order valence-electron chi connectivity index (χ4n) is 2.14. The van der Waals surface area contributed by atoms with Crippen LogP contribution in [0.1, 0.15) is 10.4 Å². The van der Waals surface area contributed by atoms with Gasteiger partial charge in [-0.1, -0.05) is 0 Å². The summed E-state index contributed by atoms with van der Waals surface area (Å²) in [4.78, 5) is 15.1. The van der Waals surface area contributed by atoms with Crippen molar-refractivity contribution in [3.05, 3.63) is 21.9 Å². The first-order chi connectivity index (χ1) is 8.94. The highest BCUT2D eigenvalue weighted by molar-refractivity contribution is 7.91. The lowest BCUT2D eigenvalue weighted by Gasteiger charge is -2.26. The minimum Gasteiger partial charge on any atom is -0.354 e. The fraction of sp³-hybridized carbons (Fsp3) is 0.583. The number of thiophene rings is 1. The molecule has 1 aliphatic rings. The molecule has 1 amide bonds. The van der Waals surface area contributed by atoms with E-state index in [1.54, 1.807) is 11.3 Å². The Bertz CT molecular complexity index is 551. The predicted molar refractivity (Wildman–Crippen MR) is 76.0 cm³/mol. The molecule has 0 aliphatic carbocycles. The molecule has 7 heteroatoms. The fourth-order valence-corrected chi connectivity index (χ4v) is 3.61. The lowest BCUT2D eigenvalue weighted by molar-refractivity contribution is -0.118. The van der Waals surface area contributed by atoms with Crippen molar-refractivity contribution in [1.82, 2.24) is 10.2 Å². The van der Waals surface area contributed by atoms with E-state index in [-0.39, 0.29) is 0 Å². The molecule has 1 aromatic heterocycles. The molecule has 106 valence electrons. The molecule has 0 aromatic carbocycles. The summed E-state index contributed by atoms with van der Waals surface area (Å²) in [5, 5.41) is 4.76. The van der Waals surface area contributed by atoms with Crippen LogP contribution in [0.3, 0.4) is 0 Å². The summed E-state index contributed by atoms with van der Waals surface area (Å²) in [6.07, 6.45) is 2.12. The van der Waals surface area contributed by atoms with Gasteiger partial charge in [0.15, 0.2) is 9.84 Å². The minimum absolute atomic E-state index is 0.421. The quantitative estimate of drug-likeness (QED) is 0.848. The molecular formula is C12H18N2O3S2. The van der Waals surface area contributed by atoms with Crippen molar-refractivity contribution >= 4 is 27.1 Å². The van der Waals surface area contributed by atoms with Gasteiger partial charge in [0.2, 0.25) is 5.91 Å². The second kappa shape index (κ2) is 6.02. The summed E-state index contributed by atoms with van der Waals surface area (Å²) in [5.74, 6) is -0.850. The van der Waals surface area contributed by atoms with E-state index in [0.29, 0.717) is 6.54 Å². The van der Waals surface area contributed by atoms with Gasteiger partial charge in [-0.15, -0.1) is 11.3 Å². The largest absolute Gasteiger partial charge is 0.354 e. The number of rotatable bonds is 5. The number of hydrogen-bond acceptors (Lipinski definition) is 5. The van der Waals surface area contributed by atoms with Gasteiger partial charge in [0.05, 0.1) is 0 Å². The van der Waals surface area contributed by atoms with Gasteiger partial charge >= 0.3 is 0 Å². The summed E-state index contributed by atoms with van der Waals surface area (Å²) in [6, 6.07) is 2.15. The maximum Gasteiger partial charge on any atom is 0.235 e. The molecule has 2 rings (SSSR count). The topological polar surface area (TPSA) is 66.5 Å². The van der Waals surface area contributed by atoms with Crippen LogP contribution < -0.4 is 5.32 Å². The van der Waals surface area contributed by atoms with E-state index in [4.69, 9.17) is 0 Å². The van der Waals surface area contributed by atoms with Crippen LogP contribution in [0.15, 0.2) is 11.4 Å². The Morgan fingerprint density at radius 2 is 2.32 bits per heavy atom. The van der Waals surface area contributed by atoms with Gasteiger partial charge in [-0.25, -0.2) is 8.42 Å². The second-order valence-corrected chi connectivity index (χ2v) is 7.96. The van der Waals surface area contributed by atoms with E-state index in [1.165, 1.54) is 10.4 Å². The summed E-state index contributed by atoms with van der Waals surface area (Å²) >= 11 is 1.80. The smallest absolute Gasteiger partial charge is 0.235 e. The van der Waals surface area contributed by atoms with E-state index in [9.17, 15) is 13.2 Å². The van der Waals surface area contributed by atoms with Crippen molar-refractivity contribution in [3.8, 4) is 0 Å². The zero-order chi connectivity index (χ0) is 13.9. The third-order valence-corrected chi connectivity index (χ3v) is 4.84. The third-order valence-electron chi connectivity index (χ3n) is 3.03. The van der Waals surface area contributed by atoms with Gasteiger partial charge in [0, 0.05) is 37.3 Å². The highest BCUT2D eigenvalue weighted by Gasteiger charge is 2.17. The van der Waals surface area contributed by atoms with E-state index in [1.807, 2.05) is 0 Å². The van der Waals surface area contributed by atoms with Crippen LogP contribution in [-0.2, 0) is 27.6 Å². The SMILES string of the molecule is CS(=O)(=O)CC(=O)NCCN1CCc2sccc2C1. The molecule has 5 nitrogen and oxygen atoms in total. The van der Waals surface area contributed by atoms with Crippen LogP contribution in [0.2, 0.25) is 0 Å².